The van der Waals surface area contributed by atoms with Gasteiger partial charge in [-0.25, -0.2) is 0 Å². The molecule has 0 spiro atoms. The lowest BCUT2D eigenvalue weighted by atomic mass is 10.0. The topological polar surface area (TPSA) is 88.1 Å². The van der Waals surface area contributed by atoms with E-state index in [9.17, 15) is 14.4 Å². The van der Waals surface area contributed by atoms with Crippen LogP contribution < -0.4 is 9.47 Å². The van der Waals surface area contributed by atoms with Gasteiger partial charge < -0.3 is 18.9 Å². The molecule has 1 unspecified atom stereocenters. The van der Waals surface area contributed by atoms with E-state index in [1.165, 1.54) is 6.92 Å². The third-order valence-corrected chi connectivity index (χ3v) is 4.52. The molecule has 2 rings (SSSR count). The minimum atomic E-state index is -1.70. The fraction of sp³-hybridized carbons (Fsp3) is 0.318. The molecule has 0 heterocycles. The van der Waals surface area contributed by atoms with Crippen molar-refractivity contribution >= 4 is 40.9 Å². The molecule has 0 aliphatic carbocycles. The lowest BCUT2D eigenvalue weighted by molar-refractivity contribution is -0.165. The highest BCUT2D eigenvalue weighted by atomic mass is 35.5. The summed E-state index contributed by atoms with van der Waals surface area (Å²) in [6.45, 7) is 4.63. The van der Waals surface area contributed by atoms with Crippen LogP contribution in [0.1, 0.15) is 20.8 Å². The number of Topliss-reactive ketones (excluding diaryl/α,β-unsaturated/α-hetero) is 1. The molecule has 7 nitrogen and oxygen atoms in total. The van der Waals surface area contributed by atoms with E-state index >= 15 is 0 Å². The quantitative estimate of drug-likeness (QED) is 0.363. The molecule has 0 fully saturated rings. The lowest BCUT2D eigenvalue weighted by Crippen LogP contribution is -2.41. The Labute approximate surface area is 190 Å². The highest BCUT2D eigenvalue weighted by molar-refractivity contribution is 6.35. The average Bonchev–Trinajstić information content (AvgIpc) is 2.72. The molecule has 0 bridgehead atoms. The van der Waals surface area contributed by atoms with Gasteiger partial charge in [0.05, 0.1) is 18.2 Å². The summed E-state index contributed by atoms with van der Waals surface area (Å²) in [6, 6.07) is 11.2. The summed E-state index contributed by atoms with van der Waals surface area (Å²) < 4.78 is 20.9. The van der Waals surface area contributed by atoms with Crippen LogP contribution in [0.5, 0.6) is 17.2 Å². The van der Waals surface area contributed by atoms with Crippen LogP contribution in [0, 0.1) is 5.92 Å². The standard InChI is InChI=1S/C22H22Cl2O7/c1-4-28-21(26)19(22(27)29-5-2)20(25)13(3)30-15-7-9-16(10-8-15)31-18-11-6-14(23)12-17(18)24/h6-13,19H,4-5H2,1-3H3. The zero-order valence-corrected chi connectivity index (χ0v) is 18.7. The Balaban J connectivity index is 2.07. The summed E-state index contributed by atoms with van der Waals surface area (Å²) in [5.74, 6) is -3.16. The Morgan fingerprint density at radius 3 is 1.94 bits per heavy atom. The second-order valence-corrected chi connectivity index (χ2v) is 7.09. The van der Waals surface area contributed by atoms with Crippen molar-refractivity contribution in [3.8, 4) is 17.2 Å². The maximum atomic E-state index is 12.7. The van der Waals surface area contributed by atoms with Crippen LogP contribution in [0.4, 0.5) is 0 Å². The van der Waals surface area contributed by atoms with Crippen molar-refractivity contribution in [1.82, 2.24) is 0 Å². The summed E-state index contributed by atoms with van der Waals surface area (Å²) in [7, 11) is 0. The molecule has 0 saturated heterocycles. The van der Waals surface area contributed by atoms with E-state index < -0.39 is 29.7 Å². The lowest BCUT2D eigenvalue weighted by Gasteiger charge is -2.19. The van der Waals surface area contributed by atoms with Gasteiger partial charge in [-0.15, -0.1) is 0 Å². The molecule has 0 aliphatic rings. The summed E-state index contributed by atoms with van der Waals surface area (Å²) in [5, 5.41) is 0.847. The van der Waals surface area contributed by atoms with Crippen molar-refractivity contribution in [3.63, 3.8) is 0 Å². The average molecular weight is 469 g/mol. The van der Waals surface area contributed by atoms with Gasteiger partial charge in [0.25, 0.3) is 0 Å². The Morgan fingerprint density at radius 1 is 0.871 bits per heavy atom. The summed E-state index contributed by atoms with van der Waals surface area (Å²) in [4.78, 5) is 36.9. The molecule has 0 N–H and O–H groups in total. The van der Waals surface area contributed by atoms with E-state index in [-0.39, 0.29) is 13.2 Å². The summed E-state index contributed by atoms with van der Waals surface area (Å²) in [6.07, 6.45) is -1.10. The third-order valence-electron chi connectivity index (χ3n) is 3.99. The molecular weight excluding hydrogens is 447 g/mol. The second kappa shape index (κ2) is 11.6. The van der Waals surface area contributed by atoms with Gasteiger partial charge in [0, 0.05) is 5.02 Å². The van der Waals surface area contributed by atoms with Crippen molar-refractivity contribution in [2.75, 3.05) is 13.2 Å². The van der Waals surface area contributed by atoms with Crippen LogP contribution in [-0.2, 0) is 23.9 Å². The van der Waals surface area contributed by atoms with Crippen LogP contribution in [0.3, 0.4) is 0 Å². The van der Waals surface area contributed by atoms with Gasteiger partial charge in [-0.3, -0.25) is 14.4 Å². The number of rotatable bonds is 10. The zero-order chi connectivity index (χ0) is 23.0. The number of benzene rings is 2. The van der Waals surface area contributed by atoms with Crippen LogP contribution in [0.2, 0.25) is 10.0 Å². The normalized spacial score (nSPS) is 11.5. The molecule has 2 aromatic rings. The maximum absolute atomic E-state index is 12.7. The molecule has 1 atom stereocenters. The van der Waals surface area contributed by atoms with Crippen LogP contribution in [0.25, 0.3) is 0 Å². The predicted molar refractivity (Wildman–Crippen MR) is 115 cm³/mol. The fourth-order valence-electron chi connectivity index (χ4n) is 2.55. The molecule has 166 valence electrons. The third kappa shape index (κ3) is 6.87. The van der Waals surface area contributed by atoms with E-state index in [0.717, 1.165) is 0 Å². The first-order valence-electron chi connectivity index (χ1n) is 9.53. The highest BCUT2D eigenvalue weighted by Gasteiger charge is 2.40. The van der Waals surface area contributed by atoms with E-state index in [1.807, 2.05) is 0 Å². The number of carbonyl (C=O) groups excluding carboxylic acids is 3. The van der Waals surface area contributed by atoms with Crippen LogP contribution in [0.15, 0.2) is 42.5 Å². The molecule has 2 aromatic carbocycles. The van der Waals surface area contributed by atoms with Crippen LogP contribution >= 0.6 is 23.2 Å². The van der Waals surface area contributed by atoms with Gasteiger partial charge in [-0.1, -0.05) is 23.2 Å². The molecular formula is C22H22Cl2O7. The van der Waals surface area contributed by atoms with Crippen molar-refractivity contribution in [3.05, 3.63) is 52.5 Å². The van der Waals surface area contributed by atoms with E-state index in [2.05, 4.69) is 0 Å². The molecule has 31 heavy (non-hydrogen) atoms. The van der Waals surface area contributed by atoms with Crippen molar-refractivity contribution < 1.29 is 33.3 Å². The van der Waals surface area contributed by atoms with E-state index in [0.29, 0.717) is 27.3 Å². The van der Waals surface area contributed by atoms with Crippen molar-refractivity contribution in [2.45, 2.75) is 26.9 Å². The first-order chi connectivity index (χ1) is 14.8. The van der Waals surface area contributed by atoms with E-state index in [4.69, 9.17) is 42.1 Å². The molecule has 0 aromatic heterocycles. The van der Waals surface area contributed by atoms with Gasteiger partial charge in [-0.05, 0) is 63.2 Å². The number of carbonyl (C=O) groups is 3. The molecule has 0 radical (unpaired) electrons. The predicted octanol–water partition coefficient (Wildman–Crippen LogP) is 4.86. The Hall–Kier alpha value is -2.77. The Bertz CT molecular complexity index is 910. The number of ether oxygens (including phenoxy) is 4. The minimum absolute atomic E-state index is 0.0242. The molecule has 0 amide bonds. The van der Waals surface area contributed by atoms with Crippen LogP contribution in [-0.4, -0.2) is 37.0 Å². The van der Waals surface area contributed by atoms with Gasteiger partial charge in [0.15, 0.2) is 11.9 Å². The van der Waals surface area contributed by atoms with Gasteiger partial charge >= 0.3 is 11.9 Å². The number of esters is 2. The van der Waals surface area contributed by atoms with Crippen molar-refractivity contribution in [1.29, 1.82) is 0 Å². The van der Waals surface area contributed by atoms with Crippen molar-refractivity contribution in [2.24, 2.45) is 5.92 Å². The maximum Gasteiger partial charge on any atom is 0.328 e. The summed E-state index contributed by atoms with van der Waals surface area (Å²) >= 11 is 12.0. The van der Waals surface area contributed by atoms with Gasteiger partial charge in [-0.2, -0.15) is 0 Å². The SMILES string of the molecule is CCOC(=O)C(C(=O)OCC)C(=O)C(C)Oc1ccc(Oc2ccc(Cl)cc2Cl)cc1. The zero-order valence-electron chi connectivity index (χ0n) is 17.2. The fourth-order valence-corrected chi connectivity index (χ4v) is 2.99. The molecule has 9 heteroatoms. The Morgan fingerprint density at radius 2 is 1.42 bits per heavy atom. The second-order valence-electron chi connectivity index (χ2n) is 6.25. The first-order valence-corrected chi connectivity index (χ1v) is 10.3. The molecule has 0 saturated carbocycles. The number of hydrogen-bond acceptors (Lipinski definition) is 7. The van der Waals surface area contributed by atoms with Gasteiger partial charge in [0.2, 0.25) is 5.92 Å². The first kappa shape index (κ1) is 24.5. The molecule has 0 aliphatic heterocycles. The summed E-state index contributed by atoms with van der Waals surface area (Å²) in [5.41, 5.74) is 0. The van der Waals surface area contributed by atoms with Gasteiger partial charge in [0.1, 0.15) is 17.2 Å². The van der Waals surface area contributed by atoms with E-state index in [1.54, 1.807) is 56.3 Å². The largest absolute Gasteiger partial charge is 0.483 e. The number of hydrogen-bond donors (Lipinski definition) is 0. The Kier molecular flexibility index (Phi) is 9.15. The number of ketones is 1. The highest BCUT2D eigenvalue weighted by Crippen LogP contribution is 2.32. The monoisotopic (exact) mass is 468 g/mol. The smallest absolute Gasteiger partial charge is 0.328 e. The minimum Gasteiger partial charge on any atom is -0.483 e. The number of halogens is 2.